The molecule has 0 spiro atoms. The number of aromatic amines is 1. The molecule has 1 heterocycles. The lowest BCUT2D eigenvalue weighted by atomic mass is 9.96. The Morgan fingerprint density at radius 1 is 1.33 bits per heavy atom. The molecule has 0 aliphatic heterocycles. The Labute approximate surface area is 73.6 Å². The van der Waals surface area contributed by atoms with E-state index in [4.69, 9.17) is 0 Å². The molecule has 0 saturated heterocycles. The smallest absolute Gasteiger partial charge is 0.155 e. The number of nitrogens with one attached hydrogen (secondary N) is 1. The van der Waals surface area contributed by atoms with Gasteiger partial charge in [-0.2, -0.15) is 5.10 Å². The first kappa shape index (κ1) is 9.23. The van der Waals surface area contributed by atoms with E-state index in [1.807, 2.05) is 0 Å². The molecule has 0 aliphatic carbocycles. The fraction of sp³-hybridized carbons (Fsp3) is 0.778. The highest BCUT2D eigenvalue weighted by Gasteiger charge is 2.18. The highest BCUT2D eigenvalue weighted by Crippen LogP contribution is 2.17. The van der Waals surface area contributed by atoms with Crippen LogP contribution < -0.4 is 0 Å². The van der Waals surface area contributed by atoms with Gasteiger partial charge in [0.05, 0.1) is 0 Å². The third-order valence-electron chi connectivity index (χ3n) is 1.69. The van der Waals surface area contributed by atoms with Gasteiger partial charge in [-0.3, -0.25) is 5.10 Å². The van der Waals surface area contributed by atoms with E-state index in [1.165, 1.54) is 0 Å². The standard InChI is InChI=1S/C9H17N3/c1-5-6-7-10-8(12-11-7)9(2,3)4/h5-6H2,1-4H3,(H,10,11,12). The summed E-state index contributed by atoms with van der Waals surface area (Å²) in [7, 11) is 0. The molecule has 1 aromatic heterocycles. The van der Waals surface area contributed by atoms with Gasteiger partial charge in [0.2, 0.25) is 0 Å². The lowest BCUT2D eigenvalue weighted by Crippen LogP contribution is -2.13. The van der Waals surface area contributed by atoms with Crippen molar-refractivity contribution in [2.24, 2.45) is 0 Å². The quantitative estimate of drug-likeness (QED) is 0.732. The van der Waals surface area contributed by atoms with Gasteiger partial charge in [-0.25, -0.2) is 4.98 Å². The molecule has 0 bridgehead atoms. The Kier molecular flexibility index (Phi) is 2.50. The lowest BCUT2D eigenvalue weighted by molar-refractivity contribution is 0.547. The maximum Gasteiger partial charge on any atom is 0.155 e. The molecule has 0 amide bonds. The van der Waals surface area contributed by atoms with Gasteiger partial charge in [-0.1, -0.05) is 27.7 Å². The van der Waals surface area contributed by atoms with Gasteiger partial charge in [0.25, 0.3) is 0 Å². The first-order valence-corrected chi connectivity index (χ1v) is 4.46. The SMILES string of the molecule is CCCc1nc(C(C)(C)C)n[nH]1. The minimum absolute atomic E-state index is 0.0580. The zero-order valence-corrected chi connectivity index (χ0v) is 8.31. The third-order valence-corrected chi connectivity index (χ3v) is 1.69. The second kappa shape index (κ2) is 3.25. The molecule has 68 valence electrons. The Balaban J connectivity index is 2.77. The van der Waals surface area contributed by atoms with Crippen molar-refractivity contribution in [2.45, 2.75) is 46.0 Å². The van der Waals surface area contributed by atoms with Gasteiger partial charge in [-0.05, 0) is 6.42 Å². The molecule has 0 aliphatic rings. The fourth-order valence-corrected chi connectivity index (χ4v) is 0.979. The average Bonchev–Trinajstić information content (AvgIpc) is 2.35. The van der Waals surface area contributed by atoms with Gasteiger partial charge < -0.3 is 0 Å². The Morgan fingerprint density at radius 3 is 2.42 bits per heavy atom. The summed E-state index contributed by atoms with van der Waals surface area (Å²) in [5.74, 6) is 1.91. The van der Waals surface area contributed by atoms with Crippen LogP contribution in [0.4, 0.5) is 0 Å². The lowest BCUT2D eigenvalue weighted by Gasteiger charge is -2.11. The summed E-state index contributed by atoms with van der Waals surface area (Å²) in [4.78, 5) is 4.40. The van der Waals surface area contributed by atoms with E-state index in [2.05, 4.69) is 42.9 Å². The topological polar surface area (TPSA) is 41.6 Å². The zero-order valence-electron chi connectivity index (χ0n) is 8.31. The molecule has 1 rings (SSSR count). The number of aromatic nitrogens is 3. The summed E-state index contributed by atoms with van der Waals surface area (Å²) in [5.41, 5.74) is 0.0580. The largest absolute Gasteiger partial charge is 0.263 e. The van der Waals surface area contributed by atoms with Crippen LogP contribution in [-0.4, -0.2) is 15.2 Å². The highest BCUT2D eigenvalue weighted by atomic mass is 15.2. The molecule has 1 aromatic rings. The number of nitrogens with zero attached hydrogens (tertiary/aromatic N) is 2. The summed E-state index contributed by atoms with van der Waals surface area (Å²) in [6.45, 7) is 8.49. The van der Waals surface area contributed by atoms with Gasteiger partial charge >= 0.3 is 0 Å². The summed E-state index contributed by atoms with van der Waals surface area (Å²) in [6.07, 6.45) is 2.10. The summed E-state index contributed by atoms with van der Waals surface area (Å²) in [6, 6.07) is 0. The van der Waals surface area contributed by atoms with Crippen molar-refractivity contribution < 1.29 is 0 Å². The van der Waals surface area contributed by atoms with Crippen molar-refractivity contribution in [3.05, 3.63) is 11.6 Å². The van der Waals surface area contributed by atoms with Crippen LogP contribution in [0.3, 0.4) is 0 Å². The monoisotopic (exact) mass is 167 g/mol. The number of H-pyrrole nitrogens is 1. The predicted octanol–water partition coefficient (Wildman–Crippen LogP) is 2.05. The Bertz CT molecular complexity index is 245. The van der Waals surface area contributed by atoms with E-state index >= 15 is 0 Å². The van der Waals surface area contributed by atoms with E-state index in [1.54, 1.807) is 0 Å². The number of hydrogen-bond donors (Lipinski definition) is 1. The molecule has 0 fully saturated rings. The molecular formula is C9H17N3. The van der Waals surface area contributed by atoms with Crippen LogP contribution in [0.5, 0.6) is 0 Å². The van der Waals surface area contributed by atoms with Crippen molar-refractivity contribution in [1.82, 2.24) is 15.2 Å². The van der Waals surface area contributed by atoms with Gasteiger partial charge in [0.15, 0.2) is 5.82 Å². The van der Waals surface area contributed by atoms with Crippen molar-refractivity contribution in [1.29, 1.82) is 0 Å². The fourth-order valence-electron chi connectivity index (χ4n) is 0.979. The molecule has 12 heavy (non-hydrogen) atoms. The van der Waals surface area contributed by atoms with Crippen LogP contribution in [0.2, 0.25) is 0 Å². The summed E-state index contributed by atoms with van der Waals surface area (Å²) in [5, 5.41) is 7.12. The van der Waals surface area contributed by atoms with Crippen LogP contribution in [0.25, 0.3) is 0 Å². The molecule has 0 radical (unpaired) electrons. The highest BCUT2D eigenvalue weighted by molar-refractivity contribution is 5.01. The molecule has 0 atom stereocenters. The van der Waals surface area contributed by atoms with Crippen LogP contribution >= 0.6 is 0 Å². The van der Waals surface area contributed by atoms with Gasteiger partial charge in [-0.15, -0.1) is 0 Å². The maximum atomic E-state index is 4.40. The van der Waals surface area contributed by atoms with E-state index in [9.17, 15) is 0 Å². The normalized spacial score (nSPS) is 12.0. The maximum absolute atomic E-state index is 4.40. The number of rotatable bonds is 2. The first-order valence-electron chi connectivity index (χ1n) is 4.46. The molecule has 1 N–H and O–H groups in total. The third kappa shape index (κ3) is 2.06. The van der Waals surface area contributed by atoms with Crippen molar-refractivity contribution >= 4 is 0 Å². The van der Waals surface area contributed by atoms with Crippen LogP contribution in [0.1, 0.15) is 45.8 Å². The van der Waals surface area contributed by atoms with Crippen LogP contribution in [0.15, 0.2) is 0 Å². The second-order valence-corrected chi connectivity index (χ2v) is 4.11. The van der Waals surface area contributed by atoms with E-state index < -0.39 is 0 Å². The van der Waals surface area contributed by atoms with E-state index in [0.29, 0.717) is 0 Å². The summed E-state index contributed by atoms with van der Waals surface area (Å²) >= 11 is 0. The molecule has 0 saturated carbocycles. The molecule has 0 aromatic carbocycles. The Morgan fingerprint density at radius 2 is 2.00 bits per heavy atom. The molecular weight excluding hydrogens is 150 g/mol. The van der Waals surface area contributed by atoms with Gasteiger partial charge in [0, 0.05) is 11.8 Å². The van der Waals surface area contributed by atoms with Gasteiger partial charge in [0.1, 0.15) is 5.82 Å². The minimum Gasteiger partial charge on any atom is -0.263 e. The van der Waals surface area contributed by atoms with E-state index in [-0.39, 0.29) is 5.41 Å². The number of aryl methyl sites for hydroxylation is 1. The van der Waals surface area contributed by atoms with Crippen molar-refractivity contribution in [2.75, 3.05) is 0 Å². The molecule has 0 unspecified atom stereocenters. The van der Waals surface area contributed by atoms with E-state index in [0.717, 1.165) is 24.5 Å². The van der Waals surface area contributed by atoms with Crippen molar-refractivity contribution in [3.63, 3.8) is 0 Å². The van der Waals surface area contributed by atoms with Crippen LogP contribution in [-0.2, 0) is 11.8 Å². The van der Waals surface area contributed by atoms with Crippen molar-refractivity contribution in [3.8, 4) is 0 Å². The predicted molar refractivity (Wildman–Crippen MR) is 49.1 cm³/mol. The molecule has 3 heteroatoms. The number of hydrogen-bond acceptors (Lipinski definition) is 2. The summed E-state index contributed by atoms with van der Waals surface area (Å²) < 4.78 is 0. The van der Waals surface area contributed by atoms with Crippen LogP contribution in [0, 0.1) is 0 Å². The average molecular weight is 167 g/mol. The Hall–Kier alpha value is -0.860. The minimum atomic E-state index is 0.0580. The molecule has 3 nitrogen and oxygen atoms in total. The second-order valence-electron chi connectivity index (χ2n) is 4.11. The zero-order chi connectivity index (χ0) is 9.19. The first-order chi connectivity index (χ1) is 5.54.